The summed E-state index contributed by atoms with van der Waals surface area (Å²) in [5.74, 6) is 1.37. The van der Waals surface area contributed by atoms with E-state index in [-0.39, 0.29) is 21.0 Å². The Kier molecular flexibility index (Phi) is 5.09. The highest BCUT2D eigenvalue weighted by molar-refractivity contribution is 7.92. The van der Waals surface area contributed by atoms with E-state index in [1.165, 1.54) is 24.4 Å². The summed E-state index contributed by atoms with van der Waals surface area (Å²) >= 11 is 11.9. The normalized spacial score (nSPS) is 16.0. The minimum absolute atomic E-state index is 0.0794. The SMILES string of the molecule is O=S(=O)(Nc1cnn(C[C@@H]2COc3ccccc3O2)c1)c1cc(Cl)ccc1Cl. The molecule has 146 valence electrons. The molecule has 0 aliphatic carbocycles. The van der Waals surface area contributed by atoms with Crippen molar-refractivity contribution < 1.29 is 17.9 Å². The average molecular weight is 440 g/mol. The zero-order valence-corrected chi connectivity index (χ0v) is 16.7. The Bertz CT molecular complexity index is 1120. The summed E-state index contributed by atoms with van der Waals surface area (Å²) in [4.78, 5) is -0.102. The number of aromatic nitrogens is 2. The molecular weight excluding hydrogens is 425 g/mol. The van der Waals surface area contributed by atoms with Crippen molar-refractivity contribution in [3.05, 3.63) is 64.9 Å². The molecule has 1 N–H and O–H groups in total. The van der Waals surface area contributed by atoms with Gasteiger partial charge in [0.2, 0.25) is 0 Å². The van der Waals surface area contributed by atoms with Crippen LogP contribution in [0.15, 0.2) is 59.8 Å². The van der Waals surface area contributed by atoms with Gasteiger partial charge in [-0.15, -0.1) is 0 Å². The zero-order valence-electron chi connectivity index (χ0n) is 14.4. The van der Waals surface area contributed by atoms with Crippen LogP contribution in [0.1, 0.15) is 0 Å². The Labute approximate surface area is 171 Å². The monoisotopic (exact) mass is 439 g/mol. The Morgan fingerprint density at radius 2 is 1.96 bits per heavy atom. The van der Waals surface area contributed by atoms with E-state index in [2.05, 4.69) is 9.82 Å². The van der Waals surface area contributed by atoms with Gasteiger partial charge in [-0.25, -0.2) is 8.42 Å². The molecule has 3 aromatic rings. The van der Waals surface area contributed by atoms with Crippen LogP contribution in [0.5, 0.6) is 11.5 Å². The van der Waals surface area contributed by atoms with E-state index >= 15 is 0 Å². The minimum Gasteiger partial charge on any atom is -0.486 e. The van der Waals surface area contributed by atoms with Gasteiger partial charge in [0.15, 0.2) is 17.6 Å². The lowest BCUT2D eigenvalue weighted by Crippen LogP contribution is -2.33. The van der Waals surface area contributed by atoms with Crippen molar-refractivity contribution in [1.29, 1.82) is 0 Å². The van der Waals surface area contributed by atoms with E-state index < -0.39 is 10.0 Å². The van der Waals surface area contributed by atoms with Crippen LogP contribution in [0.25, 0.3) is 0 Å². The average Bonchev–Trinajstić information content (AvgIpc) is 3.09. The molecule has 2 aromatic carbocycles. The summed E-state index contributed by atoms with van der Waals surface area (Å²) in [6.07, 6.45) is 2.73. The quantitative estimate of drug-likeness (QED) is 0.652. The van der Waals surface area contributed by atoms with Gasteiger partial charge in [0.1, 0.15) is 11.5 Å². The van der Waals surface area contributed by atoms with E-state index in [4.69, 9.17) is 32.7 Å². The van der Waals surface area contributed by atoms with E-state index in [1.54, 1.807) is 10.9 Å². The molecule has 1 atom stereocenters. The Hall–Kier alpha value is -2.42. The number of benzene rings is 2. The number of halogens is 2. The maximum atomic E-state index is 12.6. The zero-order chi connectivity index (χ0) is 19.7. The largest absolute Gasteiger partial charge is 0.486 e. The molecule has 2 heterocycles. The maximum absolute atomic E-state index is 12.6. The molecule has 0 amide bonds. The van der Waals surface area contributed by atoms with E-state index in [0.717, 1.165) is 0 Å². The Balaban J connectivity index is 1.46. The van der Waals surface area contributed by atoms with E-state index in [1.807, 2.05) is 24.3 Å². The molecule has 0 fully saturated rings. The van der Waals surface area contributed by atoms with Crippen LogP contribution in [-0.2, 0) is 16.6 Å². The van der Waals surface area contributed by atoms with Crippen LogP contribution in [0.2, 0.25) is 10.0 Å². The molecule has 10 heteroatoms. The minimum atomic E-state index is -3.90. The van der Waals surface area contributed by atoms with Gasteiger partial charge in [0, 0.05) is 11.2 Å². The summed E-state index contributed by atoms with van der Waals surface area (Å²) in [6.45, 7) is 0.768. The van der Waals surface area contributed by atoms with Gasteiger partial charge >= 0.3 is 0 Å². The first-order valence-corrected chi connectivity index (χ1v) is 10.5. The highest BCUT2D eigenvalue weighted by Gasteiger charge is 2.22. The number of rotatable bonds is 5. The number of nitrogens with zero attached hydrogens (tertiary/aromatic N) is 2. The van der Waals surface area contributed by atoms with E-state index in [0.29, 0.717) is 30.3 Å². The number of nitrogens with one attached hydrogen (secondary N) is 1. The number of hydrogen-bond donors (Lipinski definition) is 1. The summed E-state index contributed by atoms with van der Waals surface area (Å²) in [6, 6.07) is 11.7. The molecule has 0 saturated carbocycles. The van der Waals surface area contributed by atoms with Crippen LogP contribution in [0.3, 0.4) is 0 Å². The van der Waals surface area contributed by atoms with Crippen LogP contribution in [0, 0.1) is 0 Å². The third-order valence-corrected chi connectivity index (χ3v) is 6.12. The number of ether oxygens (including phenoxy) is 2. The van der Waals surface area contributed by atoms with Crippen molar-refractivity contribution in [2.45, 2.75) is 17.5 Å². The van der Waals surface area contributed by atoms with Gasteiger partial charge in [-0.05, 0) is 30.3 Å². The van der Waals surface area contributed by atoms with Crippen LogP contribution in [0.4, 0.5) is 5.69 Å². The predicted octanol–water partition coefficient (Wildman–Crippen LogP) is 3.83. The maximum Gasteiger partial charge on any atom is 0.263 e. The number of hydrogen-bond acceptors (Lipinski definition) is 5. The third kappa shape index (κ3) is 4.04. The van der Waals surface area contributed by atoms with Gasteiger partial charge < -0.3 is 9.47 Å². The molecule has 1 aromatic heterocycles. The van der Waals surface area contributed by atoms with Crippen molar-refractivity contribution in [2.75, 3.05) is 11.3 Å². The summed E-state index contributed by atoms with van der Waals surface area (Å²) in [5.41, 5.74) is 0.299. The second-order valence-electron chi connectivity index (χ2n) is 6.13. The summed E-state index contributed by atoms with van der Waals surface area (Å²) < 4.78 is 40.7. The number of fused-ring (bicyclic) bond motifs is 1. The second kappa shape index (κ2) is 7.54. The van der Waals surface area contributed by atoms with Crippen LogP contribution >= 0.6 is 23.2 Å². The fourth-order valence-electron chi connectivity index (χ4n) is 2.77. The smallest absolute Gasteiger partial charge is 0.263 e. The van der Waals surface area contributed by atoms with Crippen LogP contribution in [-0.4, -0.2) is 30.9 Å². The van der Waals surface area contributed by atoms with Gasteiger partial charge in [-0.3, -0.25) is 9.40 Å². The molecule has 0 unspecified atom stereocenters. The van der Waals surface area contributed by atoms with E-state index in [9.17, 15) is 8.42 Å². The molecule has 4 rings (SSSR count). The lowest BCUT2D eigenvalue weighted by atomic mass is 10.2. The number of sulfonamides is 1. The summed E-state index contributed by atoms with van der Waals surface area (Å²) in [5, 5.41) is 4.53. The molecule has 7 nitrogen and oxygen atoms in total. The van der Waals surface area contributed by atoms with Crippen molar-refractivity contribution in [2.24, 2.45) is 0 Å². The van der Waals surface area contributed by atoms with Gasteiger partial charge in [-0.1, -0.05) is 35.3 Å². The standard InChI is InChI=1S/C18H15Cl2N3O4S/c19-12-5-6-15(20)18(7-12)28(24,25)22-13-8-21-23(9-13)10-14-11-26-16-3-1-2-4-17(16)27-14/h1-9,14,22H,10-11H2/t14-/m1/s1. The van der Waals surface area contributed by atoms with Gasteiger partial charge in [0.25, 0.3) is 10.0 Å². The van der Waals surface area contributed by atoms with Crippen molar-refractivity contribution >= 4 is 38.9 Å². The van der Waals surface area contributed by atoms with Crippen LogP contribution < -0.4 is 14.2 Å². The molecule has 0 saturated heterocycles. The first kappa shape index (κ1) is 18.9. The summed E-state index contributed by atoms with van der Waals surface area (Å²) in [7, 11) is -3.90. The Morgan fingerprint density at radius 1 is 1.18 bits per heavy atom. The second-order valence-corrected chi connectivity index (χ2v) is 8.62. The highest BCUT2D eigenvalue weighted by Crippen LogP contribution is 2.31. The van der Waals surface area contributed by atoms with Crippen molar-refractivity contribution in [1.82, 2.24) is 9.78 Å². The molecule has 1 aliphatic heterocycles. The number of anilines is 1. The number of para-hydroxylation sites is 2. The lowest BCUT2D eigenvalue weighted by Gasteiger charge is -2.26. The molecule has 0 bridgehead atoms. The molecule has 0 spiro atoms. The molecule has 1 aliphatic rings. The van der Waals surface area contributed by atoms with Crippen molar-refractivity contribution in [3.8, 4) is 11.5 Å². The third-order valence-electron chi connectivity index (χ3n) is 4.03. The predicted molar refractivity (Wildman–Crippen MR) is 106 cm³/mol. The van der Waals surface area contributed by atoms with Gasteiger partial charge in [0.05, 0.1) is 23.5 Å². The fraction of sp³-hybridized carbons (Fsp3) is 0.167. The first-order valence-electron chi connectivity index (χ1n) is 8.29. The molecular formula is C18H15Cl2N3O4S. The molecule has 28 heavy (non-hydrogen) atoms. The lowest BCUT2D eigenvalue weighted by molar-refractivity contribution is 0.0759. The first-order chi connectivity index (χ1) is 13.4. The van der Waals surface area contributed by atoms with Gasteiger partial charge in [-0.2, -0.15) is 5.10 Å². The van der Waals surface area contributed by atoms with Crippen molar-refractivity contribution in [3.63, 3.8) is 0 Å². The fourth-order valence-corrected chi connectivity index (χ4v) is 4.56. The Morgan fingerprint density at radius 3 is 2.79 bits per heavy atom. The topological polar surface area (TPSA) is 82.5 Å². The highest BCUT2D eigenvalue weighted by atomic mass is 35.5. The molecule has 0 radical (unpaired) electrons.